The molecule has 2 aliphatic rings. The summed E-state index contributed by atoms with van der Waals surface area (Å²) >= 11 is 0. The molecule has 8 heteroatoms. The summed E-state index contributed by atoms with van der Waals surface area (Å²) in [6, 6.07) is 17.4. The number of benzene rings is 2. The maximum atomic E-state index is 13.6. The molecule has 40 heavy (non-hydrogen) atoms. The highest BCUT2D eigenvalue weighted by molar-refractivity contribution is 5.81. The summed E-state index contributed by atoms with van der Waals surface area (Å²) in [5.74, 6) is -0.0640. The van der Waals surface area contributed by atoms with Gasteiger partial charge in [-0.3, -0.25) is 9.59 Å². The van der Waals surface area contributed by atoms with Gasteiger partial charge in [0, 0.05) is 24.2 Å². The number of hydrogen-bond donors (Lipinski definition) is 1. The molecule has 1 amide bonds. The second-order valence-corrected chi connectivity index (χ2v) is 11.1. The molecular weight excluding hydrogens is 506 g/mol. The Labute approximate surface area is 232 Å². The molecule has 0 spiro atoms. The summed E-state index contributed by atoms with van der Waals surface area (Å²) in [5, 5.41) is 3.10. The number of nitrogens with zero attached hydrogens (tertiary/aromatic N) is 2. The van der Waals surface area contributed by atoms with Crippen molar-refractivity contribution in [3.05, 3.63) is 104 Å². The number of nitrogens with one attached hydrogen (secondary N) is 1. The fraction of sp³-hybridized carbons (Fsp3) is 0.375. The Kier molecular flexibility index (Phi) is 6.78. The molecule has 2 aromatic heterocycles. The Morgan fingerprint density at radius 2 is 1.57 bits per heavy atom. The molecule has 1 N–H and O–H groups in total. The Morgan fingerprint density at radius 1 is 0.975 bits per heavy atom. The van der Waals surface area contributed by atoms with Crippen molar-refractivity contribution in [1.29, 1.82) is 0 Å². The summed E-state index contributed by atoms with van der Waals surface area (Å²) in [5.41, 5.74) is 4.12. The van der Waals surface area contributed by atoms with E-state index in [0.29, 0.717) is 11.8 Å². The summed E-state index contributed by atoms with van der Waals surface area (Å²) in [4.78, 5) is 43.8. The van der Waals surface area contributed by atoms with Crippen molar-refractivity contribution in [2.75, 3.05) is 7.11 Å². The maximum absolute atomic E-state index is 13.6. The Hall–Kier alpha value is -4.20. The second kappa shape index (κ2) is 10.4. The van der Waals surface area contributed by atoms with Crippen LogP contribution in [0.1, 0.15) is 85.6 Å². The molecule has 2 atom stereocenters. The number of rotatable bonds is 9. The quantitative estimate of drug-likeness (QED) is 0.321. The van der Waals surface area contributed by atoms with Crippen LogP contribution in [0.5, 0.6) is 5.75 Å². The largest absolute Gasteiger partial charge is 0.493 e. The first-order valence-corrected chi connectivity index (χ1v) is 13.9. The lowest BCUT2D eigenvalue weighted by molar-refractivity contribution is -0.124. The summed E-state index contributed by atoms with van der Waals surface area (Å²) in [7, 11) is 1.41. The van der Waals surface area contributed by atoms with E-state index in [1.54, 1.807) is 0 Å². The van der Waals surface area contributed by atoms with Crippen LogP contribution < -0.4 is 21.4 Å². The second-order valence-electron chi connectivity index (χ2n) is 11.1. The highest BCUT2D eigenvalue weighted by Gasteiger charge is 2.31. The minimum atomic E-state index is -1.11. The van der Waals surface area contributed by atoms with Gasteiger partial charge in [0.25, 0.3) is 5.56 Å². The molecule has 206 valence electrons. The van der Waals surface area contributed by atoms with E-state index >= 15 is 0 Å². The van der Waals surface area contributed by atoms with Gasteiger partial charge in [0.05, 0.1) is 7.11 Å². The van der Waals surface area contributed by atoms with Crippen molar-refractivity contribution in [1.82, 2.24) is 14.9 Å². The standard InChI is InChI=1S/C32H33N3O5/c1-18(34-30(36)19(2)35-31(37)28-29(40-32(35)38)26(39-3)14-15-33-28)27(24-8-4-6-22(16-24)20-10-11-20)25-9-5-7-23(17-25)21-12-13-21/h4-9,14-21,27H,10-13H2,1-3H3,(H,34,36)/t18-,19-/m0/s1. The molecule has 2 aromatic carbocycles. The molecule has 8 nitrogen and oxygen atoms in total. The van der Waals surface area contributed by atoms with Crippen LogP contribution in [-0.2, 0) is 4.79 Å². The van der Waals surface area contributed by atoms with Gasteiger partial charge in [-0.25, -0.2) is 14.3 Å². The molecule has 4 aromatic rings. The third kappa shape index (κ3) is 4.94. The van der Waals surface area contributed by atoms with Crippen LogP contribution in [0.15, 0.2) is 74.8 Å². The zero-order valence-corrected chi connectivity index (χ0v) is 22.9. The van der Waals surface area contributed by atoms with Gasteiger partial charge in [0.15, 0.2) is 11.3 Å². The molecule has 0 aliphatic heterocycles. The van der Waals surface area contributed by atoms with Crippen LogP contribution in [0.4, 0.5) is 0 Å². The molecule has 2 fully saturated rings. The lowest BCUT2D eigenvalue weighted by atomic mass is 9.83. The third-order valence-corrected chi connectivity index (χ3v) is 8.17. The normalized spacial score (nSPS) is 16.6. The van der Waals surface area contributed by atoms with Crippen molar-refractivity contribution in [2.24, 2.45) is 0 Å². The van der Waals surface area contributed by atoms with Gasteiger partial charge in [0.1, 0.15) is 6.04 Å². The average molecular weight is 540 g/mol. The molecule has 2 aliphatic carbocycles. The number of carbonyl (C=O) groups is 1. The predicted molar refractivity (Wildman–Crippen MR) is 152 cm³/mol. The summed E-state index contributed by atoms with van der Waals surface area (Å²) < 4.78 is 11.4. The third-order valence-electron chi connectivity index (χ3n) is 8.17. The molecular formula is C32H33N3O5. The molecule has 2 saturated carbocycles. The molecule has 0 unspecified atom stereocenters. The number of ether oxygens (including phenoxy) is 1. The fourth-order valence-corrected chi connectivity index (χ4v) is 5.67. The molecule has 6 rings (SSSR count). The van der Waals surface area contributed by atoms with E-state index in [4.69, 9.17) is 9.15 Å². The Bertz CT molecular complexity index is 1640. The number of carbonyl (C=O) groups excluding carboxylic acids is 1. The van der Waals surface area contributed by atoms with Gasteiger partial charge in [-0.15, -0.1) is 0 Å². The van der Waals surface area contributed by atoms with E-state index in [2.05, 4.69) is 58.8 Å². The average Bonchev–Trinajstić information content (AvgIpc) is 3.87. The van der Waals surface area contributed by atoms with Gasteiger partial charge < -0.3 is 14.5 Å². The molecule has 0 bridgehead atoms. The predicted octanol–water partition coefficient (Wildman–Crippen LogP) is 5.01. The van der Waals surface area contributed by atoms with Crippen LogP contribution in [0, 0.1) is 0 Å². The van der Waals surface area contributed by atoms with E-state index in [1.165, 1.54) is 63.1 Å². The monoisotopic (exact) mass is 539 g/mol. The van der Waals surface area contributed by atoms with E-state index in [0.717, 1.165) is 15.7 Å². The van der Waals surface area contributed by atoms with Crippen LogP contribution in [0.2, 0.25) is 0 Å². The fourth-order valence-electron chi connectivity index (χ4n) is 5.67. The SMILES string of the molecule is COc1ccnc2c(=O)n([C@@H](C)C(=O)N[C@@H](C)C(c3cccc(C4CC4)c3)c3cccc(C4CC4)c3)c(=O)oc12. The summed E-state index contributed by atoms with van der Waals surface area (Å²) in [6.07, 6.45) is 6.23. The highest BCUT2D eigenvalue weighted by atomic mass is 16.5. The van der Waals surface area contributed by atoms with Crippen LogP contribution in [0.25, 0.3) is 11.1 Å². The number of amides is 1. The minimum absolute atomic E-state index is 0.0385. The number of methoxy groups -OCH3 is 1. The molecule has 0 saturated heterocycles. The van der Waals surface area contributed by atoms with E-state index in [9.17, 15) is 14.4 Å². The van der Waals surface area contributed by atoms with Crippen molar-refractivity contribution < 1.29 is 13.9 Å². The Balaban J connectivity index is 1.33. The van der Waals surface area contributed by atoms with Gasteiger partial charge >= 0.3 is 5.76 Å². The summed E-state index contributed by atoms with van der Waals surface area (Å²) in [6.45, 7) is 3.49. The van der Waals surface area contributed by atoms with Crippen molar-refractivity contribution in [2.45, 2.75) is 69.4 Å². The number of hydrogen-bond acceptors (Lipinski definition) is 6. The van der Waals surface area contributed by atoms with Crippen LogP contribution in [-0.4, -0.2) is 28.6 Å². The van der Waals surface area contributed by atoms with Crippen molar-refractivity contribution in [3.63, 3.8) is 0 Å². The molecule has 0 radical (unpaired) electrons. The zero-order chi connectivity index (χ0) is 28.0. The number of fused-ring (bicyclic) bond motifs is 1. The lowest BCUT2D eigenvalue weighted by Crippen LogP contribution is -2.46. The molecule has 2 heterocycles. The minimum Gasteiger partial charge on any atom is -0.493 e. The lowest BCUT2D eigenvalue weighted by Gasteiger charge is -2.28. The maximum Gasteiger partial charge on any atom is 0.423 e. The topological polar surface area (TPSA) is 103 Å². The number of aromatic nitrogens is 2. The zero-order valence-electron chi connectivity index (χ0n) is 22.9. The number of pyridine rings is 1. The van der Waals surface area contributed by atoms with E-state index in [-0.39, 0.29) is 28.8 Å². The van der Waals surface area contributed by atoms with Crippen LogP contribution >= 0.6 is 0 Å². The van der Waals surface area contributed by atoms with E-state index < -0.39 is 23.3 Å². The van der Waals surface area contributed by atoms with Crippen molar-refractivity contribution >= 4 is 17.0 Å². The van der Waals surface area contributed by atoms with Gasteiger partial charge in [0.2, 0.25) is 11.5 Å². The first-order chi connectivity index (χ1) is 19.4. The van der Waals surface area contributed by atoms with E-state index in [1.807, 2.05) is 6.92 Å². The Morgan fingerprint density at radius 3 is 2.12 bits per heavy atom. The van der Waals surface area contributed by atoms with Gasteiger partial charge in [-0.05, 0) is 73.6 Å². The van der Waals surface area contributed by atoms with Gasteiger partial charge in [-0.1, -0.05) is 48.5 Å². The highest BCUT2D eigenvalue weighted by Crippen LogP contribution is 2.43. The first kappa shape index (κ1) is 26.0. The smallest absolute Gasteiger partial charge is 0.423 e. The van der Waals surface area contributed by atoms with Crippen LogP contribution in [0.3, 0.4) is 0 Å². The first-order valence-electron chi connectivity index (χ1n) is 13.9. The van der Waals surface area contributed by atoms with Crippen molar-refractivity contribution in [3.8, 4) is 5.75 Å². The van der Waals surface area contributed by atoms with Gasteiger partial charge in [-0.2, -0.15) is 0 Å².